The third kappa shape index (κ3) is 7.13. The Hall–Kier alpha value is -4.21. The molecule has 1 aliphatic heterocycles. The lowest BCUT2D eigenvalue weighted by Gasteiger charge is -2.17. The topological polar surface area (TPSA) is 131 Å². The molecule has 0 aliphatic carbocycles. The highest BCUT2D eigenvalue weighted by Gasteiger charge is 2.36. The zero-order valence-corrected chi connectivity index (χ0v) is 19.5. The molecule has 0 unspecified atom stereocenters. The first kappa shape index (κ1) is 25.4. The fraction of sp³-hybridized carbons (Fsp3) is 0.320. The minimum absolute atomic E-state index is 0.0364. The highest BCUT2D eigenvalue weighted by molar-refractivity contribution is 6.00. The van der Waals surface area contributed by atoms with E-state index in [1.54, 1.807) is 48.5 Å². The fourth-order valence-electron chi connectivity index (χ4n) is 3.46. The monoisotopic (exact) mass is 481 g/mol. The van der Waals surface area contributed by atoms with Gasteiger partial charge in [-0.2, -0.15) is 0 Å². The minimum atomic E-state index is -0.707. The predicted molar refractivity (Wildman–Crippen MR) is 128 cm³/mol. The number of ether oxygens (including phenoxy) is 2. The first-order chi connectivity index (χ1) is 16.8. The number of carbonyl (C=O) groups is 5. The Kier molecular flexibility index (Phi) is 8.55. The Balaban J connectivity index is 1.48. The largest absolute Gasteiger partial charge is 0.462 e. The molecule has 184 valence electrons. The van der Waals surface area contributed by atoms with Gasteiger partial charge in [0.15, 0.2) is 6.61 Å². The van der Waals surface area contributed by atoms with E-state index < -0.39 is 30.4 Å². The summed E-state index contributed by atoms with van der Waals surface area (Å²) in [6, 6.07) is 12.8. The number of benzene rings is 2. The van der Waals surface area contributed by atoms with Gasteiger partial charge in [-0.1, -0.05) is 6.92 Å². The molecule has 35 heavy (non-hydrogen) atoms. The van der Waals surface area contributed by atoms with Crippen LogP contribution < -0.4 is 15.5 Å². The third-order valence-corrected chi connectivity index (χ3v) is 5.14. The van der Waals surface area contributed by atoms with Crippen molar-refractivity contribution in [1.29, 1.82) is 0 Å². The number of nitrogens with one attached hydrogen (secondary N) is 2. The Labute approximate surface area is 202 Å². The molecule has 0 spiro atoms. The van der Waals surface area contributed by atoms with E-state index in [9.17, 15) is 24.0 Å². The molecule has 1 atom stereocenters. The van der Waals surface area contributed by atoms with Crippen molar-refractivity contribution in [3.05, 3.63) is 54.1 Å². The zero-order valence-electron chi connectivity index (χ0n) is 19.5. The lowest BCUT2D eigenvalue weighted by molar-refractivity contribution is -0.151. The SMILES string of the molecule is CCCOC(=O)c1ccc(N2C[C@H](C(=O)OCC(=O)Nc3ccc(NC(C)=O)cc3)CC2=O)cc1. The Bertz CT molecular complexity index is 1100. The summed E-state index contributed by atoms with van der Waals surface area (Å²) in [4.78, 5) is 61.4. The van der Waals surface area contributed by atoms with Crippen LogP contribution in [0.15, 0.2) is 48.5 Å². The smallest absolute Gasteiger partial charge is 0.338 e. The standard InChI is InChI=1S/C25H27N3O7/c1-3-12-34-24(32)17-4-10-21(11-5-17)28-14-18(13-23(28)31)25(33)35-15-22(30)27-20-8-6-19(7-9-20)26-16(2)29/h4-11,18H,3,12-15H2,1-2H3,(H,26,29)(H,27,30)/t18-/m1/s1. The second-order valence-corrected chi connectivity index (χ2v) is 8.00. The van der Waals surface area contributed by atoms with Gasteiger partial charge < -0.3 is 25.0 Å². The Morgan fingerprint density at radius 2 is 1.57 bits per heavy atom. The number of carbonyl (C=O) groups excluding carboxylic acids is 5. The average Bonchev–Trinajstić information content (AvgIpc) is 3.23. The molecule has 2 aromatic carbocycles. The molecular weight excluding hydrogens is 454 g/mol. The summed E-state index contributed by atoms with van der Waals surface area (Å²) in [6.45, 7) is 3.25. The molecule has 3 rings (SSSR count). The van der Waals surface area contributed by atoms with E-state index in [1.165, 1.54) is 11.8 Å². The number of hydrogen-bond donors (Lipinski definition) is 2. The van der Waals surface area contributed by atoms with Crippen molar-refractivity contribution in [2.75, 3.05) is 35.3 Å². The molecule has 0 aromatic heterocycles. The van der Waals surface area contributed by atoms with Gasteiger partial charge in [0.05, 0.1) is 18.1 Å². The van der Waals surface area contributed by atoms with Crippen LogP contribution >= 0.6 is 0 Å². The van der Waals surface area contributed by atoms with E-state index in [1.807, 2.05) is 6.92 Å². The second kappa shape index (κ2) is 11.8. The molecule has 1 fully saturated rings. The highest BCUT2D eigenvalue weighted by Crippen LogP contribution is 2.26. The maximum Gasteiger partial charge on any atom is 0.338 e. The molecule has 1 saturated heterocycles. The van der Waals surface area contributed by atoms with Gasteiger partial charge in [0.1, 0.15) is 0 Å². The second-order valence-electron chi connectivity index (χ2n) is 8.00. The number of amides is 3. The van der Waals surface area contributed by atoms with E-state index in [0.717, 1.165) is 6.42 Å². The molecule has 3 amide bonds. The van der Waals surface area contributed by atoms with Crippen LogP contribution in [-0.4, -0.2) is 49.4 Å². The van der Waals surface area contributed by atoms with Crippen molar-refractivity contribution in [2.24, 2.45) is 5.92 Å². The summed E-state index contributed by atoms with van der Waals surface area (Å²) in [5.74, 6) is -2.77. The van der Waals surface area contributed by atoms with Gasteiger partial charge in [-0.3, -0.25) is 19.2 Å². The normalized spacial score (nSPS) is 14.9. The van der Waals surface area contributed by atoms with Crippen LogP contribution in [0.25, 0.3) is 0 Å². The van der Waals surface area contributed by atoms with Crippen molar-refractivity contribution in [2.45, 2.75) is 26.7 Å². The molecule has 2 N–H and O–H groups in total. The van der Waals surface area contributed by atoms with Gasteiger partial charge in [0.2, 0.25) is 11.8 Å². The maximum atomic E-state index is 12.4. The molecule has 10 nitrogen and oxygen atoms in total. The summed E-state index contributed by atoms with van der Waals surface area (Å²) in [7, 11) is 0. The highest BCUT2D eigenvalue weighted by atomic mass is 16.5. The average molecular weight is 482 g/mol. The van der Waals surface area contributed by atoms with Crippen molar-refractivity contribution in [1.82, 2.24) is 0 Å². The minimum Gasteiger partial charge on any atom is -0.462 e. The first-order valence-corrected chi connectivity index (χ1v) is 11.2. The molecule has 0 radical (unpaired) electrons. The summed E-state index contributed by atoms with van der Waals surface area (Å²) in [6.07, 6.45) is 0.684. The quantitative estimate of drug-likeness (QED) is 0.527. The van der Waals surface area contributed by atoms with E-state index in [2.05, 4.69) is 10.6 Å². The number of anilines is 3. The molecular formula is C25H27N3O7. The van der Waals surface area contributed by atoms with Crippen molar-refractivity contribution >= 4 is 46.7 Å². The van der Waals surface area contributed by atoms with Gasteiger partial charge in [0.25, 0.3) is 5.91 Å². The fourth-order valence-corrected chi connectivity index (χ4v) is 3.46. The van der Waals surface area contributed by atoms with Gasteiger partial charge in [-0.25, -0.2) is 4.79 Å². The molecule has 0 bridgehead atoms. The molecule has 1 aliphatic rings. The van der Waals surface area contributed by atoms with Crippen LogP contribution in [0, 0.1) is 5.92 Å². The van der Waals surface area contributed by atoms with Gasteiger partial charge in [-0.15, -0.1) is 0 Å². The van der Waals surface area contributed by atoms with Crippen molar-refractivity contribution < 1.29 is 33.4 Å². The van der Waals surface area contributed by atoms with Gasteiger partial charge in [-0.05, 0) is 55.0 Å². The van der Waals surface area contributed by atoms with E-state index in [4.69, 9.17) is 9.47 Å². The molecule has 2 aromatic rings. The van der Waals surface area contributed by atoms with Crippen LogP contribution in [0.5, 0.6) is 0 Å². The first-order valence-electron chi connectivity index (χ1n) is 11.2. The van der Waals surface area contributed by atoms with E-state index in [-0.39, 0.29) is 24.8 Å². The molecule has 1 heterocycles. The van der Waals surface area contributed by atoms with Crippen LogP contribution in [0.2, 0.25) is 0 Å². The van der Waals surface area contributed by atoms with Gasteiger partial charge in [0, 0.05) is 37.0 Å². The van der Waals surface area contributed by atoms with Crippen molar-refractivity contribution in [3.8, 4) is 0 Å². The lowest BCUT2D eigenvalue weighted by Crippen LogP contribution is -2.28. The van der Waals surface area contributed by atoms with E-state index in [0.29, 0.717) is 29.2 Å². The Morgan fingerprint density at radius 1 is 0.943 bits per heavy atom. The van der Waals surface area contributed by atoms with Crippen LogP contribution in [-0.2, 0) is 28.7 Å². The predicted octanol–water partition coefficient (Wildman–Crippen LogP) is 2.75. The molecule has 10 heteroatoms. The third-order valence-electron chi connectivity index (χ3n) is 5.14. The number of esters is 2. The summed E-state index contributed by atoms with van der Waals surface area (Å²) < 4.78 is 10.2. The van der Waals surface area contributed by atoms with Gasteiger partial charge >= 0.3 is 11.9 Å². The van der Waals surface area contributed by atoms with Crippen LogP contribution in [0.1, 0.15) is 37.0 Å². The van der Waals surface area contributed by atoms with E-state index >= 15 is 0 Å². The van der Waals surface area contributed by atoms with Crippen molar-refractivity contribution in [3.63, 3.8) is 0 Å². The number of rotatable bonds is 9. The summed E-state index contributed by atoms with van der Waals surface area (Å²) in [5.41, 5.74) is 1.99. The zero-order chi connectivity index (χ0) is 25.4. The number of hydrogen-bond acceptors (Lipinski definition) is 7. The lowest BCUT2D eigenvalue weighted by atomic mass is 10.1. The van der Waals surface area contributed by atoms with Crippen LogP contribution in [0.3, 0.4) is 0 Å². The summed E-state index contributed by atoms with van der Waals surface area (Å²) in [5, 5.41) is 5.21. The maximum absolute atomic E-state index is 12.4. The molecule has 0 saturated carbocycles. The Morgan fingerprint density at radius 3 is 2.17 bits per heavy atom. The summed E-state index contributed by atoms with van der Waals surface area (Å²) >= 11 is 0. The number of nitrogens with zero attached hydrogens (tertiary/aromatic N) is 1. The van der Waals surface area contributed by atoms with Crippen LogP contribution in [0.4, 0.5) is 17.1 Å².